The van der Waals surface area contributed by atoms with E-state index in [2.05, 4.69) is 23.1 Å². The van der Waals surface area contributed by atoms with Crippen molar-refractivity contribution in [3.63, 3.8) is 0 Å². The summed E-state index contributed by atoms with van der Waals surface area (Å²) >= 11 is 0. The van der Waals surface area contributed by atoms with Gasteiger partial charge >= 0.3 is 6.09 Å². The van der Waals surface area contributed by atoms with Gasteiger partial charge in [0.2, 0.25) is 0 Å². The summed E-state index contributed by atoms with van der Waals surface area (Å²) in [6.45, 7) is 7.98. The van der Waals surface area contributed by atoms with Crippen LogP contribution in [0.2, 0.25) is 0 Å². The SMILES string of the molecule is COc1cc(CCN)ccc1N1CC2CCC(C1)N2C(=O)OC(C)(C)C. The first-order chi connectivity index (χ1) is 12.3. The van der Waals surface area contributed by atoms with E-state index >= 15 is 0 Å². The van der Waals surface area contributed by atoms with E-state index in [1.807, 2.05) is 25.7 Å². The molecule has 0 radical (unpaired) electrons. The Morgan fingerprint density at radius 1 is 1.23 bits per heavy atom. The number of anilines is 1. The zero-order valence-electron chi connectivity index (χ0n) is 16.3. The van der Waals surface area contributed by atoms with Crippen LogP contribution < -0.4 is 15.4 Å². The molecule has 3 rings (SSSR count). The Bertz CT molecular complexity index is 642. The zero-order chi connectivity index (χ0) is 18.9. The maximum atomic E-state index is 12.6. The van der Waals surface area contributed by atoms with Crippen molar-refractivity contribution in [2.45, 2.75) is 57.7 Å². The lowest BCUT2D eigenvalue weighted by molar-refractivity contribution is 0.0123. The molecule has 1 amide bonds. The van der Waals surface area contributed by atoms with Crippen LogP contribution in [0.3, 0.4) is 0 Å². The highest BCUT2D eigenvalue weighted by molar-refractivity contribution is 5.71. The summed E-state index contributed by atoms with van der Waals surface area (Å²) in [5.41, 5.74) is 7.48. The van der Waals surface area contributed by atoms with Crippen LogP contribution in [0, 0.1) is 0 Å². The third kappa shape index (κ3) is 3.90. The van der Waals surface area contributed by atoms with Gasteiger partial charge in [-0.25, -0.2) is 4.79 Å². The summed E-state index contributed by atoms with van der Waals surface area (Å²) in [5.74, 6) is 0.876. The van der Waals surface area contributed by atoms with E-state index in [4.69, 9.17) is 15.2 Å². The normalized spacial score (nSPS) is 22.5. The van der Waals surface area contributed by atoms with Gasteiger partial charge in [-0.2, -0.15) is 0 Å². The molecule has 2 bridgehead atoms. The van der Waals surface area contributed by atoms with Gasteiger partial charge in [0.05, 0.1) is 24.9 Å². The second kappa shape index (κ2) is 7.35. The molecule has 2 aliphatic heterocycles. The highest BCUT2D eigenvalue weighted by Crippen LogP contribution is 2.37. The number of fused-ring (bicyclic) bond motifs is 2. The molecule has 0 aromatic heterocycles. The van der Waals surface area contributed by atoms with Crippen LogP contribution in [-0.2, 0) is 11.2 Å². The van der Waals surface area contributed by atoms with Gasteiger partial charge < -0.3 is 20.1 Å². The standard InChI is InChI=1S/C20H31N3O3/c1-20(2,3)26-19(24)23-15-6-7-16(23)13-22(12-15)17-8-5-14(9-10-21)11-18(17)25-4/h5,8,11,15-16H,6-7,9-10,12-13,21H2,1-4H3. The lowest BCUT2D eigenvalue weighted by Gasteiger charge is -2.42. The Morgan fingerprint density at radius 3 is 2.42 bits per heavy atom. The predicted octanol–water partition coefficient (Wildman–Crippen LogP) is 2.78. The summed E-state index contributed by atoms with van der Waals surface area (Å²) in [5, 5.41) is 0. The molecule has 6 nitrogen and oxygen atoms in total. The molecule has 2 N–H and O–H groups in total. The molecule has 144 valence electrons. The molecule has 2 aliphatic rings. The molecule has 2 heterocycles. The summed E-state index contributed by atoms with van der Waals surface area (Å²) in [6, 6.07) is 6.69. The average Bonchev–Trinajstić information content (AvgIpc) is 2.84. The minimum absolute atomic E-state index is 0.185. The summed E-state index contributed by atoms with van der Waals surface area (Å²) in [4.78, 5) is 16.9. The van der Waals surface area contributed by atoms with Crippen LogP contribution in [0.15, 0.2) is 18.2 Å². The van der Waals surface area contributed by atoms with Crippen LogP contribution in [-0.4, -0.2) is 55.4 Å². The van der Waals surface area contributed by atoms with Crippen LogP contribution in [0.4, 0.5) is 10.5 Å². The van der Waals surface area contributed by atoms with E-state index in [1.165, 1.54) is 5.56 Å². The monoisotopic (exact) mass is 361 g/mol. The number of carbonyl (C=O) groups excluding carboxylic acids is 1. The van der Waals surface area contributed by atoms with E-state index in [-0.39, 0.29) is 18.2 Å². The minimum atomic E-state index is -0.463. The lowest BCUT2D eigenvalue weighted by Crippen LogP contribution is -2.56. The molecule has 0 aliphatic carbocycles. The third-order valence-corrected chi connectivity index (χ3v) is 5.10. The number of amides is 1. The molecule has 2 saturated heterocycles. The van der Waals surface area contributed by atoms with Crippen LogP contribution in [0.1, 0.15) is 39.2 Å². The number of hydrogen-bond acceptors (Lipinski definition) is 5. The molecule has 1 aromatic carbocycles. The number of hydrogen-bond donors (Lipinski definition) is 1. The number of piperazine rings is 1. The fraction of sp³-hybridized carbons (Fsp3) is 0.650. The molecular formula is C20H31N3O3. The molecule has 1 aromatic rings. The number of nitrogens with zero attached hydrogens (tertiary/aromatic N) is 2. The highest BCUT2D eigenvalue weighted by Gasteiger charge is 2.44. The van der Waals surface area contributed by atoms with Gasteiger partial charge in [-0.05, 0) is 64.3 Å². The molecule has 0 spiro atoms. The van der Waals surface area contributed by atoms with Crippen LogP contribution in [0.25, 0.3) is 0 Å². The van der Waals surface area contributed by atoms with Crippen molar-refractivity contribution in [2.24, 2.45) is 5.73 Å². The summed E-state index contributed by atoms with van der Waals surface area (Å²) < 4.78 is 11.2. The Kier molecular flexibility index (Phi) is 5.32. The topological polar surface area (TPSA) is 68.0 Å². The predicted molar refractivity (Wildman–Crippen MR) is 103 cm³/mol. The van der Waals surface area contributed by atoms with E-state index in [1.54, 1.807) is 7.11 Å². The first-order valence-corrected chi connectivity index (χ1v) is 9.45. The Hall–Kier alpha value is -1.95. The lowest BCUT2D eigenvalue weighted by atomic mass is 10.1. The van der Waals surface area contributed by atoms with Gasteiger partial charge in [-0.3, -0.25) is 4.90 Å². The van der Waals surface area contributed by atoms with Gasteiger partial charge in [0.15, 0.2) is 0 Å². The average molecular weight is 361 g/mol. The minimum Gasteiger partial charge on any atom is -0.495 e. The maximum absolute atomic E-state index is 12.6. The van der Waals surface area contributed by atoms with Crippen LogP contribution in [0.5, 0.6) is 5.75 Å². The quantitative estimate of drug-likeness (QED) is 0.893. The van der Waals surface area contributed by atoms with Crippen molar-refractivity contribution < 1.29 is 14.3 Å². The van der Waals surface area contributed by atoms with Gasteiger partial charge in [0.25, 0.3) is 0 Å². The van der Waals surface area contributed by atoms with E-state index < -0.39 is 5.60 Å². The number of ether oxygens (including phenoxy) is 2. The molecule has 2 atom stereocenters. The number of rotatable bonds is 4. The smallest absolute Gasteiger partial charge is 0.410 e. The van der Waals surface area contributed by atoms with Crippen molar-refractivity contribution in [1.29, 1.82) is 0 Å². The Balaban J connectivity index is 1.76. The third-order valence-electron chi connectivity index (χ3n) is 5.10. The zero-order valence-corrected chi connectivity index (χ0v) is 16.3. The molecule has 26 heavy (non-hydrogen) atoms. The number of carbonyl (C=O) groups is 1. The van der Waals surface area contributed by atoms with E-state index in [9.17, 15) is 4.79 Å². The van der Waals surface area contributed by atoms with Gasteiger partial charge in [-0.15, -0.1) is 0 Å². The first kappa shape index (κ1) is 18.8. The molecule has 2 unspecified atom stereocenters. The second-order valence-electron chi connectivity index (χ2n) is 8.22. The molecular weight excluding hydrogens is 330 g/mol. The highest BCUT2D eigenvalue weighted by atomic mass is 16.6. The summed E-state index contributed by atoms with van der Waals surface area (Å²) in [6.07, 6.45) is 2.70. The molecule has 2 fully saturated rings. The molecule has 6 heteroatoms. The van der Waals surface area contributed by atoms with Crippen molar-refractivity contribution in [2.75, 3.05) is 31.6 Å². The van der Waals surface area contributed by atoms with E-state index in [0.717, 1.165) is 43.8 Å². The van der Waals surface area contributed by atoms with Gasteiger partial charge in [-0.1, -0.05) is 6.07 Å². The van der Waals surface area contributed by atoms with E-state index in [0.29, 0.717) is 6.54 Å². The number of nitrogens with two attached hydrogens (primary N) is 1. The first-order valence-electron chi connectivity index (χ1n) is 9.45. The number of methoxy groups -OCH3 is 1. The maximum Gasteiger partial charge on any atom is 0.410 e. The van der Waals surface area contributed by atoms with Crippen molar-refractivity contribution >= 4 is 11.8 Å². The Morgan fingerprint density at radius 2 is 1.88 bits per heavy atom. The van der Waals surface area contributed by atoms with Gasteiger partial charge in [0, 0.05) is 13.1 Å². The largest absolute Gasteiger partial charge is 0.495 e. The Labute approximate surface area is 156 Å². The fourth-order valence-corrected chi connectivity index (χ4v) is 4.02. The van der Waals surface area contributed by atoms with Crippen molar-refractivity contribution in [3.05, 3.63) is 23.8 Å². The van der Waals surface area contributed by atoms with Crippen molar-refractivity contribution in [1.82, 2.24) is 4.90 Å². The summed E-state index contributed by atoms with van der Waals surface area (Å²) in [7, 11) is 1.70. The second-order valence-corrected chi connectivity index (χ2v) is 8.22. The number of benzene rings is 1. The van der Waals surface area contributed by atoms with Gasteiger partial charge in [0.1, 0.15) is 11.4 Å². The van der Waals surface area contributed by atoms with Crippen molar-refractivity contribution in [3.8, 4) is 5.75 Å². The molecule has 0 saturated carbocycles. The van der Waals surface area contributed by atoms with Crippen LogP contribution >= 0.6 is 0 Å². The fourth-order valence-electron chi connectivity index (χ4n) is 4.02.